The van der Waals surface area contributed by atoms with Crippen molar-refractivity contribution >= 4 is 11.9 Å². The lowest BCUT2D eigenvalue weighted by atomic mass is 10.2. The molecule has 0 aromatic carbocycles. The topological polar surface area (TPSA) is 128 Å². The van der Waals surface area contributed by atoms with Gasteiger partial charge in [0.1, 0.15) is 0 Å². The number of aliphatic carboxylic acids is 2. The quantitative estimate of drug-likeness (QED) is 0.521. The number of hydrogen-bond acceptors (Lipinski definition) is 5. The second-order valence-electron chi connectivity index (χ2n) is 2.59. The largest absolute Gasteiger partial charge is 0.479 e. The van der Waals surface area contributed by atoms with E-state index in [0.29, 0.717) is 0 Å². The summed E-state index contributed by atoms with van der Waals surface area (Å²) in [6.45, 7) is 0. The Labute approximate surface area is 90.6 Å². The van der Waals surface area contributed by atoms with Crippen LogP contribution in [0.3, 0.4) is 0 Å². The predicted octanol–water partition coefficient (Wildman–Crippen LogP) is -1.04. The first kappa shape index (κ1) is 14.0. The van der Waals surface area contributed by atoms with Gasteiger partial charge in [-0.2, -0.15) is 0 Å². The molecule has 0 saturated carbocycles. The SMILES string of the molecule is O=C(O)[C@@H](O)[C@H](O)C(=O)O.c1ccncc1. The molecule has 2 atom stereocenters. The summed E-state index contributed by atoms with van der Waals surface area (Å²) in [7, 11) is 0. The normalized spacial score (nSPS) is 12.9. The van der Waals surface area contributed by atoms with Crippen LogP contribution in [0.4, 0.5) is 0 Å². The van der Waals surface area contributed by atoms with Crippen molar-refractivity contribution in [3.05, 3.63) is 30.6 Å². The first-order valence-electron chi connectivity index (χ1n) is 4.13. The van der Waals surface area contributed by atoms with Gasteiger partial charge in [-0.1, -0.05) is 6.07 Å². The Hall–Kier alpha value is -1.99. The van der Waals surface area contributed by atoms with Crippen LogP contribution in [0.25, 0.3) is 0 Å². The summed E-state index contributed by atoms with van der Waals surface area (Å²) in [5, 5.41) is 32.5. The van der Waals surface area contributed by atoms with Gasteiger partial charge in [0.15, 0.2) is 12.2 Å². The molecule has 0 radical (unpaired) electrons. The smallest absolute Gasteiger partial charge is 0.335 e. The summed E-state index contributed by atoms with van der Waals surface area (Å²) in [6.07, 6.45) is -1.03. The number of carbonyl (C=O) groups is 2. The number of pyridine rings is 1. The zero-order chi connectivity index (χ0) is 12.6. The molecule has 0 spiro atoms. The molecular weight excluding hydrogens is 218 g/mol. The van der Waals surface area contributed by atoms with Crippen LogP contribution in [-0.2, 0) is 9.59 Å². The zero-order valence-electron chi connectivity index (χ0n) is 8.09. The van der Waals surface area contributed by atoms with Gasteiger partial charge in [-0.15, -0.1) is 0 Å². The molecule has 0 aliphatic rings. The average Bonchev–Trinajstić information content (AvgIpc) is 2.30. The van der Waals surface area contributed by atoms with Gasteiger partial charge in [-0.3, -0.25) is 4.98 Å². The first-order valence-corrected chi connectivity index (χ1v) is 4.13. The molecule has 1 aromatic heterocycles. The molecule has 1 heterocycles. The number of aromatic nitrogens is 1. The van der Waals surface area contributed by atoms with Crippen molar-refractivity contribution in [3.8, 4) is 0 Å². The standard InChI is InChI=1S/C5H5N.C4H6O6/c1-2-4-6-5-3-1;5-1(3(7)8)2(6)4(9)10/h1-5H;1-2,5-6H,(H,7,8)(H,9,10)/t;1-,2-/m.0/s1. The van der Waals surface area contributed by atoms with Gasteiger partial charge in [-0.05, 0) is 12.1 Å². The zero-order valence-corrected chi connectivity index (χ0v) is 8.09. The minimum absolute atomic E-state index is 1.75. The van der Waals surface area contributed by atoms with Gasteiger partial charge >= 0.3 is 11.9 Å². The number of carboxylic acids is 2. The second-order valence-corrected chi connectivity index (χ2v) is 2.59. The minimum atomic E-state index is -2.27. The van der Waals surface area contributed by atoms with Crippen molar-refractivity contribution in [3.63, 3.8) is 0 Å². The van der Waals surface area contributed by atoms with Crippen LogP contribution >= 0.6 is 0 Å². The molecule has 16 heavy (non-hydrogen) atoms. The Bertz CT molecular complexity index is 283. The lowest BCUT2D eigenvalue weighted by Crippen LogP contribution is -2.39. The fourth-order valence-electron chi connectivity index (χ4n) is 0.583. The number of carboxylic acid groups (broad SMARTS) is 2. The summed E-state index contributed by atoms with van der Waals surface area (Å²) in [5.41, 5.74) is 0. The third kappa shape index (κ3) is 5.68. The highest BCUT2D eigenvalue weighted by molar-refractivity contribution is 5.83. The summed E-state index contributed by atoms with van der Waals surface area (Å²) in [4.78, 5) is 23.3. The molecule has 4 N–H and O–H groups in total. The van der Waals surface area contributed by atoms with Crippen LogP contribution in [0, 0.1) is 0 Å². The van der Waals surface area contributed by atoms with Gasteiger partial charge < -0.3 is 20.4 Å². The van der Waals surface area contributed by atoms with Crippen LogP contribution in [0.15, 0.2) is 30.6 Å². The van der Waals surface area contributed by atoms with Crippen molar-refractivity contribution in [2.24, 2.45) is 0 Å². The molecule has 0 aliphatic carbocycles. The maximum Gasteiger partial charge on any atom is 0.335 e. The predicted molar refractivity (Wildman–Crippen MR) is 51.5 cm³/mol. The monoisotopic (exact) mass is 229 g/mol. The van der Waals surface area contributed by atoms with Crippen molar-refractivity contribution < 1.29 is 30.0 Å². The van der Waals surface area contributed by atoms with E-state index in [0.717, 1.165) is 0 Å². The molecule has 1 aromatic rings. The average molecular weight is 229 g/mol. The van der Waals surface area contributed by atoms with Gasteiger partial charge in [0.25, 0.3) is 0 Å². The summed E-state index contributed by atoms with van der Waals surface area (Å²) < 4.78 is 0. The molecule has 0 aliphatic heterocycles. The van der Waals surface area contributed by atoms with Crippen molar-refractivity contribution in [2.45, 2.75) is 12.2 Å². The van der Waals surface area contributed by atoms with E-state index in [2.05, 4.69) is 4.98 Å². The maximum atomic E-state index is 9.77. The van der Waals surface area contributed by atoms with Crippen LogP contribution in [0.2, 0.25) is 0 Å². The molecular formula is C9H11NO6. The van der Waals surface area contributed by atoms with E-state index in [-0.39, 0.29) is 0 Å². The number of aliphatic hydroxyl groups excluding tert-OH is 2. The Balaban J connectivity index is 0.000000315. The van der Waals surface area contributed by atoms with Crippen LogP contribution in [0.1, 0.15) is 0 Å². The molecule has 0 unspecified atom stereocenters. The fourth-order valence-corrected chi connectivity index (χ4v) is 0.583. The molecule has 0 saturated heterocycles. The molecule has 7 heteroatoms. The van der Waals surface area contributed by atoms with E-state index < -0.39 is 24.1 Å². The summed E-state index contributed by atoms with van der Waals surface area (Å²) >= 11 is 0. The minimum Gasteiger partial charge on any atom is -0.479 e. The van der Waals surface area contributed by atoms with Crippen molar-refractivity contribution in [2.75, 3.05) is 0 Å². The van der Waals surface area contributed by atoms with Gasteiger partial charge in [0.2, 0.25) is 0 Å². The molecule has 0 bridgehead atoms. The van der Waals surface area contributed by atoms with E-state index in [1.807, 2.05) is 18.2 Å². The van der Waals surface area contributed by atoms with Gasteiger partial charge in [0.05, 0.1) is 0 Å². The van der Waals surface area contributed by atoms with Crippen LogP contribution in [-0.4, -0.2) is 49.6 Å². The number of aliphatic hydroxyl groups is 2. The van der Waals surface area contributed by atoms with Crippen molar-refractivity contribution in [1.82, 2.24) is 4.98 Å². The maximum absolute atomic E-state index is 9.77. The third-order valence-electron chi connectivity index (χ3n) is 1.37. The fraction of sp³-hybridized carbons (Fsp3) is 0.222. The summed E-state index contributed by atoms with van der Waals surface area (Å²) in [6, 6.07) is 5.72. The molecule has 0 amide bonds. The second kappa shape index (κ2) is 7.32. The molecule has 1 rings (SSSR count). The molecule has 7 nitrogen and oxygen atoms in total. The Morgan fingerprint density at radius 1 is 0.875 bits per heavy atom. The Kier molecular flexibility index (Phi) is 6.41. The highest BCUT2D eigenvalue weighted by atomic mass is 16.4. The first-order chi connectivity index (χ1) is 7.46. The van der Waals surface area contributed by atoms with Crippen LogP contribution < -0.4 is 0 Å². The van der Waals surface area contributed by atoms with Gasteiger partial charge in [-0.25, -0.2) is 9.59 Å². The van der Waals surface area contributed by atoms with E-state index in [1.165, 1.54) is 0 Å². The highest BCUT2D eigenvalue weighted by Gasteiger charge is 2.29. The lowest BCUT2D eigenvalue weighted by molar-refractivity contribution is -0.165. The van der Waals surface area contributed by atoms with E-state index >= 15 is 0 Å². The Morgan fingerprint density at radius 3 is 1.38 bits per heavy atom. The number of rotatable bonds is 3. The van der Waals surface area contributed by atoms with E-state index in [4.69, 9.17) is 20.4 Å². The van der Waals surface area contributed by atoms with Crippen molar-refractivity contribution in [1.29, 1.82) is 0 Å². The van der Waals surface area contributed by atoms with E-state index in [1.54, 1.807) is 12.4 Å². The van der Waals surface area contributed by atoms with E-state index in [9.17, 15) is 9.59 Å². The number of hydrogen-bond donors (Lipinski definition) is 4. The van der Waals surface area contributed by atoms with Crippen LogP contribution in [0.5, 0.6) is 0 Å². The molecule has 0 fully saturated rings. The molecule has 88 valence electrons. The van der Waals surface area contributed by atoms with Gasteiger partial charge in [0, 0.05) is 12.4 Å². The number of nitrogens with zero attached hydrogens (tertiary/aromatic N) is 1. The summed E-state index contributed by atoms with van der Waals surface area (Å²) in [5.74, 6) is -3.54. The highest BCUT2D eigenvalue weighted by Crippen LogP contribution is 1.92. The lowest BCUT2D eigenvalue weighted by Gasteiger charge is -2.07. The third-order valence-corrected chi connectivity index (χ3v) is 1.37. The Morgan fingerprint density at radius 2 is 1.25 bits per heavy atom.